The zero-order valence-electron chi connectivity index (χ0n) is 14.5. The van der Waals surface area contributed by atoms with Gasteiger partial charge in [-0.05, 0) is 24.1 Å². The Morgan fingerprint density at radius 3 is 2.54 bits per heavy atom. The van der Waals surface area contributed by atoms with Crippen molar-refractivity contribution in [3.8, 4) is 0 Å². The Labute approximate surface area is 151 Å². The normalized spacial score (nSPS) is 14.2. The van der Waals surface area contributed by atoms with Crippen LogP contribution >= 0.6 is 0 Å². The molecule has 2 amide bonds. The molecule has 134 valence electrons. The summed E-state index contributed by atoms with van der Waals surface area (Å²) in [5.74, 6) is -1.56. The van der Waals surface area contributed by atoms with E-state index in [1.54, 1.807) is 24.3 Å². The van der Waals surface area contributed by atoms with Crippen molar-refractivity contribution in [3.05, 3.63) is 60.2 Å². The highest BCUT2D eigenvalue weighted by Gasteiger charge is 2.28. The zero-order valence-corrected chi connectivity index (χ0v) is 14.5. The van der Waals surface area contributed by atoms with Crippen molar-refractivity contribution >= 4 is 29.2 Å². The SMILES string of the molecule is CCC(C(=O)OCC(=O)N1CC(=O)Nc2ccccc21)c1ccccc1. The number of esters is 1. The molecule has 1 heterocycles. The number of hydrogen-bond acceptors (Lipinski definition) is 4. The summed E-state index contributed by atoms with van der Waals surface area (Å²) in [6.07, 6.45) is 0.575. The average molecular weight is 352 g/mol. The number of fused-ring (bicyclic) bond motifs is 1. The van der Waals surface area contributed by atoms with Gasteiger partial charge in [-0.25, -0.2) is 0 Å². The van der Waals surface area contributed by atoms with Crippen LogP contribution in [-0.4, -0.2) is 30.9 Å². The highest BCUT2D eigenvalue weighted by atomic mass is 16.5. The number of anilines is 2. The number of hydrogen-bond donors (Lipinski definition) is 1. The largest absolute Gasteiger partial charge is 0.455 e. The van der Waals surface area contributed by atoms with E-state index in [4.69, 9.17) is 4.74 Å². The molecule has 0 bridgehead atoms. The first-order valence-corrected chi connectivity index (χ1v) is 8.51. The zero-order chi connectivity index (χ0) is 18.5. The lowest BCUT2D eigenvalue weighted by molar-refractivity contribution is -0.149. The van der Waals surface area contributed by atoms with Gasteiger partial charge in [-0.2, -0.15) is 0 Å². The second-order valence-corrected chi connectivity index (χ2v) is 6.02. The van der Waals surface area contributed by atoms with Crippen LogP contribution < -0.4 is 10.2 Å². The van der Waals surface area contributed by atoms with E-state index in [1.165, 1.54) is 4.90 Å². The van der Waals surface area contributed by atoms with E-state index < -0.39 is 24.4 Å². The molecule has 2 aromatic rings. The maximum Gasteiger partial charge on any atom is 0.313 e. The fraction of sp³-hybridized carbons (Fsp3) is 0.250. The van der Waals surface area contributed by atoms with Gasteiger partial charge in [-0.15, -0.1) is 0 Å². The summed E-state index contributed by atoms with van der Waals surface area (Å²) in [5, 5.41) is 2.72. The first-order valence-electron chi connectivity index (χ1n) is 8.51. The molecule has 0 aliphatic carbocycles. The molecule has 6 heteroatoms. The summed E-state index contributed by atoms with van der Waals surface area (Å²) in [6, 6.07) is 16.4. The van der Waals surface area contributed by atoms with Crippen molar-refractivity contribution in [2.75, 3.05) is 23.4 Å². The second kappa shape index (κ2) is 7.82. The van der Waals surface area contributed by atoms with Crippen molar-refractivity contribution in [3.63, 3.8) is 0 Å². The van der Waals surface area contributed by atoms with E-state index in [0.29, 0.717) is 17.8 Å². The average Bonchev–Trinajstić information content (AvgIpc) is 2.66. The van der Waals surface area contributed by atoms with Crippen molar-refractivity contribution in [2.45, 2.75) is 19.3 Å². The lowest BCUT2D eigenvalue weighted by atomic mass is 9.97. The molecule has 3 rings (SSSR count). The Kier molecular flexibility index (Phi) is 5.31. The van der Waals surface area contributed by atoms with Gasteiger partial charge in [0.25, 0.3) is 5.91 Å². The number of carbonyl (C=O) groups excluding carboxylic acids is 3. The monoisotopic (exact) mass is 352 g/mol. The summed E-state index contributed by atoms with van der Waals surface area (Å²) in [6.45, 7) is 1.40. The van der Waals surface area contributed by atoms with Gasteiger partial charge in [0.05, 0.1) is 17.3 Å². The molecule has 0 saturated heterocycles. The van der Waals surface area contributed by atoms with Crippen molar-refractivity contribution in [2.24, 2.45) is 0 Å². The minimum Gasteiger partial charge on any atom is -0.455 e. The molecule has 0 spiro atoms. The summed E-state index contributed by atoms with van der Waals surface area (Å²) < 4.78 is 5.25. The number of ether oxygens (including phenoxy) is 1. The van der Waals surface area contributed by atoms with Gasteiger partial charge in [0.2, 0.25) is 5.91 Å². The molecule has 0 saturated carbocycles. The third-order valence-electron chi connectivity index (χ3n) is 4.30. The highest BCUT2D eigenvalue weighted by molar-refractivity contribution is 6.10. The standard InChI is InChI=1S/C20H20N2O4/c1-2-15(14-8-4-3-5-9-14)20(25)26-13-19(24)22-12-18(23)21-16-10-6-7-11-17(16)22/h3-11,15H,2,12-13H2,1H3,(H,21,23). The van der Waals surface area contributed by atoms with Gasteiger partial charge in [0, 0.05) is 0 Å². The quantitative estimate of drug-likeness (QED) is 0.840. The van der Waals surface area contributed by atoms with E-state index in [0.717, 1.165) is 5.56 Å². The van der Waals surface area contributed by atoms with E-state index in [9.17, 15) is 14.4 Å². The molecule has 1 aliphatic heterocycles. The molecular formula is C20H20N2O4. The predicted octanol–water partition coefficient (Wildman–Crippen LogP) is 2.71. The molecule has 0 aromatic heterocycles. The molecule has 2 aromatic carbocycles. The maximum atomic E-state index is 12.5. The first kappa shape index (κ1) is 17.7. The Morgan fingerprint density at radius 1 is 1.12 bits per heavy atom. The van der Waals surface area contributed by atoms with Gasteiger partial charge in [-0.3, -0.25) is 19.3 Å². The highest BCUT2D eigenvalue weighted by Crippen LogP contribution is 2.29. The fourth-order valence-electron chi connectivity index (χ4n) is 2.99. The van der Waals surface area contributed by atoms with E-state index in [2.05, 4.69) is 5.32 Å². The Balaban J connectivity index is 1.67. The molecular weight excluding hydrogens is 332 g/mol. The minimum absolute atomic E-state index is 0.0940. The smallest absolute Gasteiger partial charge is 0.313 e. The van der Waals surface area contributed by atoms with Crippen molar-refractivity contribution in [1.29, 1.82) is 0 Å². The summed E-state index contributed by atoms with van der Waals surface area (Å²) in [5.41, 5.74) is 2.03. The van der Waals surface area contributed by atoms with Gasteiger partial charge in [-0.1, -0.05) is 49.4 Å². The number of benzene rings is 2. The molecule has 1 aliphatic rings. The van der Waals surface area contributed by atoms with E-state index in [1.807, 2.05) is 37.3 Å². The number of nitrogens with zero attached hydrogens (tertiary/aromatic N) is 1. The van der Waals surface area contributed by atoms with Gasteiger partial charge in [0.15, 0.2) is 6.61 Å². The van der Waals surface area contributed by atoms with Crippen LogP contribution in [0.5, 0.6) is 0 Å². The van der Waals surface area contributed by atoms with Gasteiger partial charge < -0.3 is 10.1 Å². The molecule has 0 radical (unpaired) electrons. The Morgan fingerprint density at radius 2 is 1.81 bits per heavy atom. The van der Waals surface area contributed by atoms with Crippen LogP contribution in [0.1, 0.15) is 24.8 Å². The molecule has 26 heavy (non-hydrogen) atoms. The third-order valence-corrected chi connectivity index (χ3v) is 4.30. The molecule has 0 fully saturated rings. The summed E-state index contributed by atoms with van der Waals surface area (Å²) in [4.78, 5) is 38.1. The van der Waals surface area contributed by atoms with E-state index in [-0.39, 0.29) is 12.5 Å². The van der Waals surface area contributed by atoms with Crippen molar-refractivity contribution in [1.82, 2.24) is 0 Å². The Bertz CT molecular complexity index is 820. The molecule has 6 nitrogen and oxygen atoms in total. The molecule has 1 N–H and O–H groups in total. The summed E-state index contributed by atoms with van der Waals surface area (Å²) in [7, 11) is 0. The van der Waals surface area contributed by atoms with Crippen LogP contribution in [0, 0.1) is 0 Å². The van der Waals surface area contributed by atoms with Crippen LogP contribution in [0.15, 0.2) is 54.6 Å². The van der Waals surface area contributed by atoms with Crippen LogP contribution in [0.4, 0.5) is 11.4 Å². The molecule has 1 unspecified atom stereocenters. The minimum atomic E-state index is -0.443. The predicted molar refractivity (Wildman–Crippen MR) is 97.9 cm³/mol. The van der Waals surface area contributed by atoms with Crippen LogP contribution in [0.2, 0.25) is 0 Å². The summed E-state index contributed by atoms with van der Waals surface area (Å²) >= 11 is 0. The van der Waals surface area contributed by atoms with Crippen LogP contribution in [0.25, 0.3) is 0 Å². The number of nitrogens with one attached hydrogen (secondary N) is 1. The number of amides is 2. The van der Waals surface area contributed by atoms with Gasteiger partial charge in [0.1, 0.15) is 6.54 Å². The second-order valence-electron chi connectivity index (χ2n) is 6.02. The molecule has 1 atom stereocenters. The first-order chi connectivity index (χ1) is 12.6. The van der Waals surface area contributed by atoms with E-state index >= 15 is 0 Å². The number of rotatable bonds is 5. The maximum absolute atomic E-state index is 12.5. The Hall–Kier alpha value is -3.15. The van der Waals surface area contributed by atoms with Crippen LogP contribution in [0.3, 0.4) is 0 Å². The van der Waals surface area contributed by atoms with Gasteiger partial charge >= 0.3 is 5.97 Å². The van der Waals surface area contributed by atoms with Crippen LogP contribution in [-0.2, 0) is 19.1 Å². The number of carbonyl (C=O) groups is 3. The lowest BCUT2D eigenvalue weighted by Crippen LogP contribution is -2.44. The fourth-order valence-corrected chi connectivity index (χ4v) is 2.99. The lowest BCUT2D eigenvalue weighted by Gasteiger charge is -2.29. The third kappa shape index (κ3) is 3.74. The topological polar surface area (TPSA) is 75.7 Å². The van der Waals surface area contributed by atoms with Crippen molar-refractivity contribution < 1.29 is 19.1 Å². The number of para-hydroxylation sites is 2.